The summed E-state index contributed by atoms with van der Waals surface area (Å²) in [6, 6.07) is 9.11. The lowest BCUT2D eigenvalue weighted by Crippen LogP contribution is -2.24. The number of hydrogen-bond donors (Lipinski definition) is 1. The maximum absolute atomic E-state index is 13.6. The third kappa shape index (κ3) is 5.36. The van der Waals surface area contributed by atoms with E-state index in [0.29, 0.717) is 18.7 Å². The number of nitrogens with zero attached hydrogens (tertiary/aromatic N) is 4. The maximum atomic E-state index is 13.6. The van der Waals surface area contributed by atoms with Crippen molar-refractivity contribution in [2.75, 3.05) is 18.4 Å². The molecule has 1 saturated heterocycles. The maximum Gasteiger partial charge on any atom is 0.433 e. The average Bonchev–Trinajstić information content (AvgIpc) is 3.36. The molecule has 3 aromatic rings. The third-order valence-electron chi connectivity index (χ3n) is 6.39. The number of amides is 1. The van der Waals surface area contributed by atoms with E-state index in [1.807, 2.05) is 25.1 Å². The number of aliphatic imine (C=N–C) groups is 1. The molecule has 1 fully saturated rings. The normalized spacial score (nSPS) is 19.0. The highest BCUT2D eigenvalue weighted by Crippen LogP contribution is 2.34. The summed E-state index contributed by atoms with van der Waals surface area (Å²) in [6.45, 7) is 2.19. The number of carbonyl (C=O) groups is 1. The van der Waals surface area contributed by atoms with Crippen LogP contribution in [0, 0.1) is 0 Å². The van der Waals surface area contributed by atoms with E-state index in [1.54, 1.807) is 23.4 Å². The van der Waals surface area contributed by atoms with Crippen molar-refractivity contribution >= 4 is 17.3 Å². The van der Waals surface area contributed by atoms with Crippen molar-refractivity contribution in [3.63, 3.8) is 0 Å². The molecule has 2 aromatic heterocycles. The Morgan fingerprint density at radius 1 is 1.14 bits per heavy atom. The molecule has 2 aliphatic heterocycles. The number of carbonyl (C=O) groups excluding carboxylic acids is 1. The van der Waals surface area contributed by atoms with Gasteiger partial charge in [-0.25, -0.2) is 8.78 Å². The van der Waals surface area contributed by atoms with Crippen LogP contribution >= 0.6 is 0 Å². The van der Waals surface area contributed by atoms with Gasteiger partial charge in [-0.15, -0.1) is 0 Å². The fraction of sp³-hybridized carbons (Fsp3) is 0.308. The van der Waals surface area contributed by atoms with Gasteiger partial charge in [0.05, 0.1) is 12.6 Å². The van der Waals surface area contributed by atoms with Gasteiger partial charge in [-0.2, -0.15) is 13.2 Å². The molecule has 0 bridgehead atoms. The first-order valence-electron chi connectivity index (χ1n) is 11.6. The van der Waals surface area contributed by atoms with Crippen LogP contribution in [0.3, 0.4) is 0 Å². The van der Waals surface area contributed by atoms with Crippen LogP contribution in [0.4, 0.5) is 27.6 Å². The number of anilines is 1. The monoisotopic (exact) mass is 515 g/mol. The van der Waals surface area contributed by atoms with Gasteiger partial charge in [-0.1, -0.05) is 12.1 Å². The molecule has 6 nitrogen and oxygen atoms in total. The van der Waals surface area contributed by atoms with Crippen LogP contribution in [0.5, 0.6) is 0 Å². The fourth-order valence-corrected chi connectivity index (χ4v) is 4.60. The molecule has 11 heteroatoms. The van der Waals surface area contributed by atoms with Crippen LogP contribution in [0.2, 0.25) is 0 Å². The topological polar surface area (TPSA) is 70.5 Å². The summed E-state index contributed by atoms with van der Waals surface area (Å²) >= 11 is 0. The number of benzene rings is 1. The largest absolute Gasteiger partial charge is 0.433 e. The van der Waals surface area contributed by atoms with Crippen molar-refractivity contribution in [3.05, 3.63) is 77.4 Å². The van der Waals surface area contributed by atoms with Gasteiger partial charge in [0.2, 0.25) is 0 Å². The number of pyridine rings is 2. The second-order valence-electron chi connectivity index (χ2n) is 9.24. The van der Waals surface area contributed by atoms with Crippen molar-refractivity contribution < 1.29 is 26.7 Å². The molecule has 0 radical (unpaired) electrons. The summed E-state index contributed by atoms with van der Waals surface area (Å²) in [5.74, 6) is -3.31. The number of halogens is 5. The van der Waals surface area contributed by atoms with Gasteiger partial charge in [0.1, 0.15) is 11.4 Å². The summed E-state index contributed by atoms with van der Waals surface area (Å²) < 4.78 is 66.1. The first kappa shape index (κ1) is 24.9. The summed E-state index contributed by atoms with van der Waals surface area (Å²) in [7, 11) is 0. The van der Waals surface area contributed by atoms with E-state index in [-0.39, 0.29) is 30.4 Å². The van der Waals surface area contributed by atoms with Gasteiger partial charge in [0.25, 0.3) is 11.8 Å². The second-order valence-corrected chi connectivity index (χ2v) is 9.24. The molecule has 0 unspecified atom stereocenters. The average molecular weight is 515 g/mol. The Balaban J connectivity index is 1.38. The SMILES string of the molecule is C[C@@H]1N=C(C(=O)Nc2ccnc(C(F)(F)F)c2)c2cc(-c3cncc(CN4CCC(F)(F)C4)c3)ccc21. The lowest BCUT2D eigenvalue weighted by Gasteiger charge is -2.16. The molecule has 0 spiro atoms. The molecule has 192 valence electrons. The van der Waals surface area contributed by atoms with Crippen LogP contribution in [-0.2, 0) is 17.5 Å². The third-order valence-corrected chi connectivity index (χ3v) is 6.39. The number of hydrogen-bond acceptors (Lipinski definition) is 5. The minimum atomic E-state index is -4.64. The number of likely N-dealkylation sites (tertiary alicyclic amines) is 1. The molecular formula is C26H22F5N5O. The molecule has 5 rings (SSSR count). The molecule has 2 aliphatic rings. The Morgan fingerprint density at radius 2 is 1.95 bits per heavy atom. The van der Waals surface area contributed by atoms with Gasteiger partial charge >= 0.3 is 6.18 Å². The van der Waals surface area contributed by atoms with Gasteiger partial charge in [0, 0.05) is 54.9 Å². The Bertz CT molecular complexity index is 1390. The summed E-state index contributed by atoms with van der Waals surface area (Å²) in [4.78, 5) is 26.7. The van der Waals surface area contributed by atoms with Gasteiger partial charge in [-0.05, 0) is 47.9 Å². The molecule has 1 atom stereocenters. The molecule has 0 saturated carbocycles. The second kappa shape index (κ2) is 9.29. The van der Waals surface area contributed by atoms with Crippen molar-refractivity contribution in [1.29, 1.82) is 0 Å². The number of alkyl halides is 5. The van der Waals surface area contributed by atoms with Crippen LogP contribution in [0.15, 0.2) is 60.0 Å². The highest BCUT2D eigenvalue weighted by molar-refractivity contribution is 6.50. The molecule has 0 aliphatic carbocycles. The zero-order chi connectivity index (χ0) is 26.4. The van der Waals surface area contributed by atoms with E-state index >= 15 is 0 Å². The summed E-state index contributed by atoms with van der Waals surface area (Å²) in [5.41, 5.74) is 2.61. The van der Waals surface area contributed by atoms with Crippen LogP contribution < -0.4 is 5.32 Å². The number of nitrogens with one attached hydrogen (secondary N) is 1. The minimum Gasteiger partial charge on any atom is -0.321 e. The predicted octanol–water partition coefficient (Wildman–Crippen LogP) is 5.51. The highest BCUT2D eigenvalue weighted by Gasteiger charge is 2.38. The van der Waals surface area contributed by atoms with Gasteiger partial charge in [0.15, 0.2) is 0 Å². The van der Waals surface area contributed by atoms with E-state index in [4.69, 9.17) is 0 Å². The Hall–Kier alpha value is -3.73. The van der Waals surface area contributed by atoms with E-state index in [1.165, 1.54) is 6.07 Å². The van der Waals surface area contributed by atoms with Crippen molar-refractivity contribution in [2.24, 2.45) is 4.99 Å². The predicted molar refractivity (Wildman–Crippen MR) is 127 cm³/mol. The zero-order valence-corrected chi connectivity index (χ0v) is 19.7. The standard InChI is InChI=1S/C26H22F5N5O/c1-15-20-3-2-17(18-8-16(11-32-12-18)13-36-7-5-25(27,28)14-36)9-21(20)23(34-15)24(37)35-19-4-6-33-22(10-19)26(29,30)31/h2-4,6,8-12,15H,5,7,13-14H2,1H3,(H,33,35,37)/t15-/m0/s1. The van der Waals surface area contributed by atoms with E-state index in [2.05, 4.69) is 20.3 Å². The number of rotatable bonds is 5. The fourth-order valence-electron chi connectivity index (χ4n) is 4.60. The Morgan fingerprint density at radius 3 is 2.68 bits per heavy atom. The van der Waals surface area contributed by atoms with Crippen molar-refractivity contribution in [3.8, 4) is 11.1 Å². The molecule has 4 heterocycles. The van der Waals surface area contributed by atoms with E-state index in [9.17, 15) is 26.7 Å². The lowest BCUT2D eigenvalue weighted by atomic mass is 9.96. The number of aromatic nitrogens is 2. The minimum absolute atomic E-state index is 0.0447. The highest BCUT2D eigenvalue weighted by atomic mass is 19.4. The first-order valence-corrected chi connectivity index (χ1v) is 11.6. The zero-order valence-electron chi connectivity index (χ0n) is 19.7. The van der Waals surface area contributed by atoms with Crippen molar-refractivity contribution in [2.45, 2.75) is 38.0 Å². The van der Waals surface area contributed by atoms with Gasteiger partial charge < -0.3 is 5.32 Å². The first-order chi connectivity index (χ1) is 17.5. The van der Waals surface area contributed by atoms with Crippen LogP contribution in [0.1, 0.15) is 41.8 Å². The molecule has 1 aromatic carbocycles. The molecular weight excluding hydrogens is 493 g/mol. The van der Waals surface area contributed by atoms with Crippen LogP contribution in [0.25, 0.3) is 11.1 Å². The molecule has 1 N–H and O–H groups in total. The van der Waals surface area contributed by atoms with E-state index < -0.39 is 23.7 Å². The Kier molecular flexibility index (Phi) is 6.26. The van der Waals surface area contributed by atoms with Crippen molar-refractivity contribution in [1.82, 2.24) is 14.9 Å². The van der Waals surface area contributed by atoms with Crippen LogP contribution in [-0.4, -0.2) is 45.5 Å². The lowest BCUT2D eigenvalue weighted by molar-refractivity contribution is -0.141. The molecule has 37 heavy (non-hydrogen) atoms. The van der Waals surface area contributed by atoms with E-state index in [0.717, 1.165) is 34.5 Å². The quantitative estimate of drug-likeness (QED) is 0.456. The van der Waals surface area contributed by atoms with Gasteiger partial charge in [-0.3, -0.25) is 24.7 Å². The summed E-state index contributed by atoms with van der Waals surface area (Å²) in [6.07, 6.45) is -0.536. The Labute approximate surface area is 209 Å². The summed E-state index contributed by atoms with van der Waals surface area (Å²) in [5, 5.41) is 2.48. The smallest absolute Gasteiger partial charge is 0.321 e. The number of fused-ring (bicyclic) bond motifs is 1. The molecule has 1 amide bonds.